The summed E-state index contributed by atoms with van der Waals surface area (Å²) in [5.74, 6) is -0.738. The first-order valence-electron chi connectivity index (χ1n) is 7.50. The number of amides is 2. The number of likely N-dealkylation sites (N-methyl/N-ethyl adjacent to an activating group) is 1. The van der Waals surface area contributed by atoms with E-state index < -0.39 is 5.91 Å². The van der Waals surface area contributed by atoms with E-state index in [9.17, 15) is 9.59 Å². The molecule has 0 fully saturated rings. The first-order chi connectivity index (χ1) is 11.4. The summed E-state index contributed by atoms with van der Waals surface area (Å²) in [6, 6.07) is 12.9. The molecule has 24 heavy (non-hydrogen) atoms. The van der Waals surface area contributed by atoms with E-state index in [1.807, 2.05) is 31.2 Å². The minimum absolute atomic E-state index is 0.0446. The number of nitrogens with zero attached hydrogens (tertiary/aromatic N) is 1. The number of nitrogens with two attached hydrogens (primary N) is 1. The van der Waals surface area contributed by atoms with Crippen molar-refractivity contribution in [2.45, 2.75) is 13.5 Å². The van der Waals surface area contributed by atoms with Gasteiger partial charge in [-0.1, -0.05) is 41.9 Å². The predicted molar refractivity (Wildman–Crippen MR) is 96.1 cm³/mol. The fourth-order valence-electron chi connectivity index (χ4n) is 2.36. The van der Waals surface area contributed by atoms with Crippen molar-refractivity contribution < 1.29 is 9.59 Å². The number of aryl methyl sites for hydroxylation is 1. The smallest absolute Gasteiger partial charge is 0.252 e. The highest BCUT2D eigenvalue weighted by atomic mass is 35.5. The van der Waals surface area contributed by atoms with Crippen molar-refractivity contribution in [3.8, 4) is 0 Å². The summed E-state index contributed by atoms with van der Waals surface area (Å²) in [6.07, 6.45) is 0. The second-order valence-corrected chi connectivity index (χ2v) is 5.96. The molecule has 0 unspecified atom stereocenters. The Balaban J connectivity index is 2.02. The topological polar surface area (TPSA) is 75.4 Å². The molecular weight excluding hydrogens is 326 g/mol. The van der Waals surface area contributed by atoms with Gasteiger partial charge in [0.2, 0.25) is 5.91 Å². The molecule has 0 spiro atoms. The maximum atomic E-state index is 12.3. The molecule has 5 nitrogen and oxygen atoms in total. The van der Waals surface area contributed by atoms with Gasteiger partial charge in [0.15, 0.2) is 0 Å². The van der Waals surface area contributed by atoms with Crippen molar-refractivity contribution in [2.75, 3.05) is 18.9 Å². The van der Waals surface area contributed by atoms with E-state index in [2.05, 4.69) is 5.32 Å². The Morgan fingerprint density at radius 1 is 1.17 bits per heavy atom. The summed E-state index contributed by atoms with van der Waals surface area (Å²) in [4.78, 5) is 25.4. The lowest BCUT2D eigenvalue weighted by Gasteiger charge is -2.19. The molecule has 0 bridgehead atoms. The van der Waals surface area contributed by atoms with Crippen LogP contribution in [0.15, 0.2) is 42.5 Å². The highest BCUT2D eigenvalue weighted by Crippen LogP contribution is 2.23. The van der Waals surface area contributed by atoms with Crippen LogP contribution in [0.3, 0.4) is 0 Å². The molecule has 6 heteroatoms. The zero-order chi connectivity index (χ0) is 17.7. The van der Waals surface area contributed by atoms with E-state index >= 15 is 0 Å². The molecule has 0 atom stereocenters. The lowest BCUT2D eigenvalue weighted by Crippen LogP contribution is -2.32. The molecule has 0 radical (unpaired) electrons. The average molecular weight is 346 g/mol. The van der Waals surface area contributed by atoms with Gasteiger partial charge in [0.1, 0.15) is 0 Å². The van der Waals surface area contributed by atoms with Crippen molar-refractivity contribution in [3.05, 3.63) is 64.2 Å². The minimum atomic E-state index is -0.635. The summed E-state index contributed by atoms with van der Waals surface area (Å²) in [5, 5.41) is 3.20. The van der Waals surface area contributed by atoms with Gasteiger partial charge in [-0.05, 0) is 30.2 Å². The Bertz CT molecular complexity index is 762. The molecule has 0 saturated carbocycles. The van der Waals surface area contributed by atoms with Crippen LogP contribution < -0.4 is 11.1 Å². The van der Waals surface area contributed by atoms with Crippen molar-refractivity contribution in [3.63, 3.8) is 0 Å². The third-order valence-corrected chi connectivity index (χ3v) is 4.10. The number of halogens is 1. The molecule has 126 valence electrons. The molecule has 0 saturated heterocycles. The third kappa shape index (κ3) is 4.26. The number of rotatable bonds is 6. The fourth-order valence-corrected chi connectivity index (χ4v) is 2.63. The lowest BCUT2D eigenvalue weighted by atomic mass is 10.1. The zero-order valence-corrected chi connectivity index (χ0v) is 14.4. The van der Waals surface area contributed by atoms with Gasteiger partial charge in [-0.2, -0.15) is 0 Å². The Kier molecular flexibility index (Phi) is 5.82. The van der Waals surface area contributed by atoms with E-state index in [-0.39, 0.29) is 23.0 Å². The quantitative estimate of drug-likeness (QED) is 0.845. The molecule has 0 heterocycles. The lowest BCUT2D eigenvalue weighted by molar-refractivity contribution is -0.128. The summed E-state index contributed by atoms with van der Waals surface area (Å²) >= 11 is 5.99. The Hall–Kier alpha value is -2.53. The number of anilines is 1. The third-order valence-electron chi connectivity index (χ3n) is 3.78. The Labute approximate surface area is 146 Å². The maximum absolute atomic E-state index is 12.3. The molecule has 3 N–H and O–H groups in total. The molecule has 0 aliphatic heterocycles. The standard InChI is InChI=1S/C18H20ClN3O2/c1-12-6-3-4-7-13(12)11-22(2)16(23)10-21-15-9-5-8-14(19)17(15)18(20)24/h3-9,21H,10-11H2,1-2H3,(H2,20,24). The highest BCUT2D eigenvalue weighted by molar-refractivity contribution is 6.34. The summed E-state index contributed by atoms with van der Waals surface area (Å²) in [7, 11) is 1.74. The van der Waals surface area contributed by atoms with Crippen molar-refractivity contribution >= 4 is 29.1 Å². The largest absolute Gasteiger partial charge is 0.375 e. The van der Waals surface area contributed by atoms with Crippen LogP contribution in [-0.4, -0.2) is 30.3 Å². The van der Waals surface area contributed by atoms with Crippen molar-refractivity contribution in [2.24, 2.45) is 5.73 Å². The molecule has 2 aromatic rings. The van der Waals surface area contributed by atoms with Crippen LogP contribution in [0, 0.1) is 6.92 Å². The Morgan fingerprint density at radius 2 is 1.88 bits per heavy atom. The average Bonchev–Trinajstić information content (AvgIpc) is 2.54. The number of carbonyl (C=O) groups excluding carboxylic acids is 2. The minimum Gasteiger partial charge on any atom is -0.375 e. The van der Waals surface area contributed by atoms with Crippen LogP contribution >= 0.6 is 11.6 Å². The molecular formula is C18H20ClN3O2. The molecule has 0 aliphatic carbocycles. The number of carbonyl (C=O) groups is 2. The fraction of sp³-hybridized carbons (Fsp3) is 0.222. The highest BCUT2D eigenvalue weighted by Gasteiger charge is 2.15. The van der Waals surface area contributed by atoms with Crippen molar-refractivity contribution in [1.82, 2.24) is 4.90 Å². The second-order valence-electron chi connectivity index (χ2n) is 5.56. The normalized spacial score (nSPS) is 10.3. The number of benzene rings is 2. The van der Waals surface area contributed by atoms with Gasteiger partial charge in [-0.3, -0.25) is 9.59 Å². The number of hydrogen-bond donors (Lipinski definition) is 2. The van der Waals surface area contributed by atoms with Gasteiger partial charge in [-0.25, -0.2) is 0 Å². The molecule has 0 aromatic heterocycles. The van der Waals surface area contributed by atoms with Gasteiger partial charge >= 0.3 is 0 Å². The first kappa shape index (κ1) is 17.8. The van der Waals surface area contributed by atoms with E-state index in [1.165, 1.54) is 0 Å². The van der Waals surface area contributed by atoms with Crippen LogP contribution in [-0.2, 0) is 11.3 Å². The Morgan fingerprint density at radius 3 is 2.54 bits per heavy atom. The van der Waals surface area contributed by atoms with E-state index in [0.717, 1.165) is 11.1 Å². The van der Waals surface area contributed by atoms with Gasteiger partial charge < -0.3 is 16.0 Å². The molecule has 2 amide bonds. The SMILES string of the molecule is Cc1ccccc1CN(C)C(=O)CNc1cccc(Cl)c1C(N)=O. The van der Waals surface area contributed by atoms with Gasteiger partial charge in [-0.15, -0.1) is 0 Å². The maximum Gasteiger partial charge on any atom is 0.252 e. The molecule has 0 aliphatic rings. The van der Waals surface area contributed by atoms with Crippen LogP contribution in [0.5, 0.6) is 0 Å². The van der Waals surface area contributed by atoms with Crippen molar-refractivity contribution in [1.29, 1.82) is 0 Å². The summed E-state index contributed by atoms with van der Waals surface area (Å²) in [5.41, 5.74) is 8.21. The number of hydrogen-bond acceptors (Lipinski definition) is 3. The molecule has 2 rings (SSSR count). The van der Waals surface area contributed by atoms with Crippen LogP contribution in [0.1, 0.15) is 21.5 Å². The zero-order valence-electron chi connectivity index (χ0n) is 13.7. The van der Waals surface area contributed by atoms with E-state index in [1.54, 1.807) is 30.1 Å². The first-order valence-corrected chi connectivity index (χ1v) is 7.88. The van der Waals surface area contributed by atoms with Crippen LogP contribution in [0.2, 0.25) is 5.02 Å². The van der Waals surface area contributed by atoms with Gasteiger partial charge in [0, 0.05) is 19.3 Å². The monoisotopic (exact) mass is 345 g/mol. The predicted octanol–water partition coefficient (Wildman–Crippen LogP) is 2.82. The number of nitrogens with one attached hydrogen (secondary N) is 1. The summed E-state index contributed by atoms with van der Waals surface area (Å²) < 4.78 is 0. The van der Waals surface area contributed by atoms with E-state index in [0.29, 0.717) is 12.2 Å². The number of primary amides is 1. The second kappa shape index (κ2) is 7.84. The van der Waals surface area contributed by atoms with Crippen LogP contribution in [0.4, 0.5) is 5.69 Å². The molecule has 2 aromatic carbocycles. The summed E-state index contributed by atoms with van der Waals surface area (Å²) in [6.45, 7) is 2.57. The van der Waals surface area contributed by atoms with Gasteiger partial charge in [0.25, 0.3) is 5.91 Å². The van der Waals surface area contributed by atoms with Crippen LogP contribution in [0.25, 0.3) is 0 Å². The van der Waals surface area contributed by atoms with E-state index in [4.69, 9.17) is 17.3 Å². The van der Waals surface area contributed by atoms with Gasteiger partial charge in [0.05, 0.1) is 17.1 Å².